The van der Waals surface area contributed by atoms with Crippen LogP contribution in [0.4, 0.5) is 5.69 Å². The van der Waals surface area contributed by atoms with Crippen LogP contribution in [0.2, 0.25) is 0 Å². The topological polar surface area (TPSA) is 202 Å². The Hall–Kier alpha value is -4.96. The first kappa shape index (κ1) is 26.3. The molecule has 6 rings (SSSR count). The van der Waals surface area contributed by atoms with Crippen molar-refractivity contribution in [2.75, 3.05) is 4.90 Å². The molecule has 2 aliphatic heterocycles. The van der Waals surface area contributed by atoms with E-state index in [0.717, 1.165) is 30.3 Å². The van der Waals surface area contributed by atoms with Crippen LogP contribution < -0.4 is 15.0 Å². The maximum Gasteiger partial charge on any atom is 0.298 e. The summed E-state index contributed by atoms with van der Waals surface area (Å²) in [6.45, 7) is 0. The van der Waals surface area contributed by atoms with E-state index in [1.807, 2.05) is 0 Å². The number of carbonyl (C=O) groups is 4. The molecule has 0 unspecified atom stereocenters. The van der Waals surface area contributed by atoms with Gasteiger partial charge < -0.3 is 4.74 Å². The van der Waals surface area contributed by atoms with Gasteiger partial charge in [0.2, 0.25) is 0 Å². The van der Waals surface area contributed by atoms with E-state index in [-0.39, 0.29) is 38.7 Å². The van der Waals surface area contributed by atoms with Crippen LogP contribution in [0.15, 0.2) is 76.5 Å². The molecule has 0 fully saturated rings. The quantitative estimate of drug-likeness (QED) is 0.226. The summed E-state index contributed by atoms with van der Waals surface area (Å²) in [5.41, 5.74) is -0.197. The molecule has 0 radical (unpaired) electrons. The van der Waals surface area contributed by atoms with E-state index in [2.05, 4.69) is 5.32 Å². The van der Waals surface area contributed by atoms with Gasteiger partial charge in [-0.1, -0.05) is 12.1 Å². The Kier molecular flexibility index (Phi) is 5.62. The third-order valence-corrected chi connectivity index (χ3v) is 8.32. The highest BCUT2D eigenvalue weighted by Gasteiger charge is 2.38. The van der Waals surface area contributed by atoms with Crippen molar-refractivity contribution in [2.24, 2.45) is 0 Å². The fourth-order valence-corrected chi connectivity index (χ4v) is 6.07. The molecule has 0 atom stereocenters. The second kappa shape index (κ2) is 8.77. The summed E-state index contributed by atoms with van der Waals surface area (Å²) in [4.78, 5) is 51.0. The van der Waals surface area contributed by atoms with Gasteiger partial charge in [-0.3, -0.25) is 33.6 Å². The zero-order chi connectivity index (χ0) is 29.4. The molecule has 0 aromatic heterocycles. The Bertz CT molecular complexity index is 2070. The number of anilines is 1. The monoisotopic (exact) mass is 594 g/mol. The van der Waals surface area contributed by atoms with Crippen molar-refractivity contribution in [3.05, 3.63) is 89.0 Å². The maximum absolute atomic E-state index is 13.6. The molecule has 0 saturated heterocycles. The van der Waals surface area contributed by atoms with Crippen molar-refractivity contribution in [1.29, 1.82) is 0 Å². The van der Waals surface area contributed by atoms with Gasteiger partial charge in [0.05, 0.1) is 5.69 Å². The summed E-state index contributed by atoms with van der Waals surface area (Å²) in [5, 5.41) is 2.41. The average molecular weight is 595 g/mol. The van der Waals surface area contributed by atoms with Crippen LogP contribution in [0.1, 0.15) is 41.4 Å². The second-order valence-corrected chi connectivity index (χ2v) is 11.7. The van der Waals surface area contributed by atoms with Crippen LogP contribution in [-0.4, -0.2) is 49.6 Å². The number of carbonyl (C=O) groups excluding carboxylic acids is 4. The van der Waals surface area contributed by atoms with E-state index in [1.165, 1.54) is 36.4 Å². The molecular formula is C26H14N2O11S2. The van der Waals surface area contributed by atoms with Gasteiger partial charge in [0, 0.05) is 33.0 Å². The molecule has 15 heteroatoms. The molecule has 0 aliphatic carbocycles. The lowest BCUT2D eigenvalue weighted by Crippen LogP contribution is -2.42. The highest BCUT2D eigenvalue weighted by Crippen LogP contribution is 2.40. The summed E-state index contributed by atoms with van der Waals surface area (Å²) in [5.74, 6) is -4.25. The van der Waals surface area contributed by atoms with Crippen molar-refractivity contribution >= 4 is 60.3 Å². The normalized spacial score (nSPS) is 14.8. The van der Waals surface area contributed by atoms with Gasteiger partial charge in [-0.15, -0.1) is 0 Å². The zero-order valence-electron chi connectivity index (χ0n) is 20.2. The number of imide groups is 2. The van der Waals surface area contributed by atoms with Crippen LogP contribution >= 0.6 is 0 Å². The number of rotatable bonds is 5. The molecule has 0 spiro atoms. The molecule has 4 aromatic rings. The summed E-state index contributed by atoms with van der Waals surface area (Å²) >= 11 is 0. The van der Waals surface area contributed by atoms with Gasteiger partial charge in [-0.05, 0) is 54.6 Å². The Balaban J connectivity index is 1.49. The smallest absolute Gasteiger partial charge is 0.298 e. The van der Waals surface area contributed by atoms with Crippen LogP contribution in [-0.2, 0) is 20.2 Å². The first-order chi connectivity index (χ1) is 19.3. The van der Waals surface area contributed by atoms with Crippen molar-refractivity contribution in [3.8, 4) is 11.5 Å². The Labute approximate surface area is 230 Å². The van der Waals surface area contributed by atoms with Gasteiger partial charge in [0.25, 0.3) is 43.9 Å². The van der Waals surface area contributed by atoms with E-state index in [9.17, 15) is 45.1 Å². The van der Waals surface area contributed by atoms with Crippen molar-refractivity contribution in [2.45, 2.75) is 9.79 Å². The fourth-order valence-electron chi connectivity index (χ4n) is 4.82. The largest absolute Gasteiger partial charge is 0.454 e. The Morgan fingerprint density at radius 1 is 0.610 bits per heavy atom. The lowest BCUT2D eigenvalue weighted by atomic mass is 9.86. The molecule has 206 valence electrons. The minimum Gasteiger partial charge on any atom is -0.454 e. The molecule has 2 heterocycles. The summed E-state index contributed by atoms with van der Waals surface area (Å²) in [7, 11) is -9.87. The molecule has 13 nitrogen and oxygen atoms in total. The van der Waals surface area contributed by atoms with Gasteiger partial charge in [0.15, 0.2) is 0 Å². The fraction of sp³-hybridized carbons (Fsp3) is 0. The standard InChI is InChI=1S/C26H14N2O11S2/c29-23-13-6-8-15-22-16(9-7-14(21(13)22)24(30)27-23)26(32)28(25(15)31)12-5-10-18(20(11-12)41(36,37)38)39-17-3-1-2-4-19(17)40(33,34)35/h1-11H,(H,27,29,30)(H,33,34,35)(H,36,37,38). The predicted octanol–water partition coefficient (Wildman–Crippen LogP) is 2.81. The van der Waals surface area contributed by atoms with Crippen molar-refractivity contribution in [3.63, 3.8) is 0 Å². The van der Waals surface area contributed by atoms with Crippen LogP contribution in [0.25, 0.3) is 10.8 Å². The van der Waals surface area contributed by atoms with E-state index in [1.54, 1.807) is 0 Å². The Morgan fingerprint density at radius 2 is 1.10 bits per heavy atom. The van der Waals surface area contributed by atoms with Gasteiger partial charge in [0.1, 0.15) is 21.3 Å². The highest BCUT2D eigenvalue weighted by molar-refractivity contribution is 7.86. The molecule has 0 saturated carbocycles. The highest BCUT2D eigenvalue weighted by atomic mass is 32.2. The molecular weight excluding hydrogens is 580 g/mol. The SMILES string of the molecule is O=C1NC(=O)c2ccc3c4c(ccc1c24)C(=O)N(c1ccc(Oc2ccccc2S(=O)(=O)O)c(S(=O)(=O)O)c1)C3=O. The third-order valence-electron chi connectivity index (χ3n) is 6.55. The average Bonchev–Trinajstić information content (AvgIpc) is 2.90. The van der Waals surface area contributed by atoms with E-state index in [4.69, 9.17) is 4.74 Å². The lowest BCUT2D eigenvalue weighted by molar-refractivity contribution is 0.0837. The van der Waals surface area contributed by atoms with Crippen LogP contribution in [0.5, 0.6) is 11.5 Å². The zero-order valence-corrected chi connectivity index (χ0v) is 21.8. The number of hydrogen-bond acceptors (Lipinski definition) is 9. The minimum absolute atomic E-state index is 0.0430. The summed E-state index contributed by atoms with van der Waals surface area (Å²) in [6, 6.07) is 12.9. The summed E-state index contributed by atoms with van der Waals surface area (Å²) in [6.07, 6.45) is 0. The van der Waals surface area contributed by atoms with Crippen LogP contribution in [0, 0.1) is 0 Å². The van der Waals surface area contributed by atoms with Crippen molar-refractivity contribution in [1.82, 2.24) is 5.32 Å². The van der Waals surface area contributed by atoms with Crippen molar-refractivity contribution < 1.29 is 49.9 Å². The lowest BCUT2D eigenvalue weighted by Gasteiger charge is -2.29. The Morgan fingerprint density at radius 3 is 1.66 bits per heavy atom. The van der Waals surface area contributed by atoms with E-state index < -0.39 is 65.2 Å². The van der Waals surface area contributed by atoms with Gasteiger partial charge in [-0.25, -0.2) is 4.90 Å². The number of nitrogens with one attached hydrogen (secondary N) is 1. The molecule has 0 bridgehead atoms. The predicted molar refractivity (Wildman–Crippen MR) is 139 cm³/mol. The van der Waals surface area contributed by atoms with E-state index >= 15 is 0 Å². The molecule has 4 aromatic carbocycles. The van der Waals surface area contributed by atoms with Gasteiger partial charge in [-0.2, -0.15) is 16.8 Å². The second-order valence-electron chi connectivity index (χ2n) is 8.93. The van der Waals surface area contributed by atoms with E-state index in [0.29, 0.717) is 4.90 Å². The summed E-state index contributed by atoms with van der Waals surface area (Å²) < 4.78 is 72.9. The minimum atomic E-state index is -5.09. The first-order valence-electron chi connectivity index (χ1n) is 11.5. The number of nitrogens with zero attached hydrogens (tertiary/aromatic N) is 1. The molecule has 2 aliphatic rings. The molecule has 3 N–H and O–H groups in total. The number of hydrogen-bond donors (Lipinski definition) is 3. The van der Waals surface area contributed by atoms with Crippen LogP contribution in [0.3, 0.4) is 0 Å². The number of benzene rings is 4. The maximum atomic E-state index is 13.6. The number of para-hydroxylation sites is 1. The number of ether oxygens (including phenoxy) is 1. The first-order valence-corrected chi connectivity index (χ1v) is 14.4. The molecule has 4 amide bonds. The third kappa shape index (κ3) is 4.06. The van der Waals surface area contributed by atoms with Gasteiger partial charge >= 0.3 is 0 Å². The molecule has 41 heavy (non-hydrogen) atoms. The number of amides is 4.